The van der Waals surface area contributed by atoms with E-state index in [-0.39, 0.29) is 17.9 Å². The van der Waals surface area contributed by atoms with Crippen molar-refractivity contribution in [2.45, 2.75) is 25.4 Å². The standard InChI is InChI=1S/C18H17FN4/c1-12-2-4-14(5-3-12)17-10-16(13-6-8-15(19)9-7-13)22-18-20-11-21-23(17)18/h2-9,11,16-17H,10H2,1H3,(H,20,21,22). The number of aryl methyl sites for hydroxylation is 1. The highest BCUT2D eigenvalue weighted by molar-refractivity contribution is 5.38. The van der Waals surface area contributed by atoms with Crippen LogP contribution in [0.1, 0.15) is 35.2 Å². The summed E-state index contributed by atoms with van der Waals surface area (Å²) in [5.74, 6) is 0.527. The summed E-state index contributed by atoms with van der Waals surface area (Å²) in [4.78, 5) is 4.31. The predicted octanol–water partition coefficient (Wildman–Crippen LogP) is 3.87. The van der Waals surface area contributed by atoms with Gasteiger partial charge in [0.25, 0.3) is 0 Å². The Morgan fingerprint density at radius 1 is 1.04 bits per heavy atom. The second-order valence-electron chi connectivity index (χ2n) is 5.94. The lowest BCUT2D eigenvalue weighted by Crippen LogP contribution is -2.28. The van der Waals surface area contributed by atoms with Gasteiger partial charge < -0.3 is 5.32 Å². The van der Waals surface area contributed by atoms with Crippen LogP contribution in [0.15, 0.2) is 54.9 Å². The molecular formula is C18H17FN4. The highest BCUT2D eigenvalue weighted by Crippen LogP contribution is 2.37. The van der Waals surface area contributed by atoms with Crippen LogP contribution in [0.3, 0.4) is 0 Å². The molecule has 1 aliphatic heterocycles. The number of hydrogen-bond donors (Lipinski definition) is 1. The Balaban J connectivity index is 1.71. The van der Waals surface area contributed by atoms with Gasteiger partial charge in [-0.1, -0.05) is 42.0 Å². The molecule has 1 aromatic heterocycles. The predicted molar refractivity (Wildman–Crippen MR) is 86.7 cm³/mol. The summed E-state index contributed by atoms with van der Waals surface area (Å²) >= 11 is 0. The Kier molecular flexibility index (Phi) is 3.33. The normalized spacial score (nSPS) is 19.9. The highest BCUT2D eigenvalue weighted by atomic mass is 19.1. The molecule has 4 nitrogen and oxygen atoms in total. The average molecular weight is 308 g/mol. The number of nitrogens with one attached hydrogen (secondary N) is 1. The quantitative estimate of drug-likeness (QED) is 0.781. The van der Waals surface area contributed by atoms with Crippen molar-refractivity contribution in [2.75, 3.05) is 5.32 Å². The van der Waals surface area contributed by atoms with Gasteiger partial charge in [-0.3, -0.25) is 0 Å². The number of hydrogen-bond acceptors (Lipinski definition) is 3. The first-order valence-electron chi connectivity index (χ1n) is 7.69. The lowest BCUT2D eigenvalue weighted by Gasteiger charge is -2.31. The van der Waals surface area contributed by atoms with Crippen molar-refractivity contribution >= 4 is 5.95 Å². The number of fused-ring (bicyclic) bond motifs is 1. The molecule has 5 heteroatoms. The number of rotatable bonds is 2. The third-order valence-electron chi connectivity index (χ3n) is 4.37. The first kappa shape index (κ1) is 13.9. The number of benzene rings is 2. The van der Waals surface area contributed by atoms with E-state index in [9.17, 15) is 4.39 Å². The number of halogens is 1. The molecule has 116 valence electrons. The fourth-order valence-corrected chi connectivity index (χ4v) is 3.10. The fraction of sp³-hybridized carbons (Fsp3) is 0.222. The largest absolute Gasteiger partial charge is 0.348 e. The third kappa shape index (κ3) is 2.59. The minimum absolute atomic E-state index is 0.0820. The molecule has 0 saturated carbocycles. The van der Waals surface area contributed by atoms with Crippen molar-refractivity contribution in [1.82, 2.24) is 14.8 Å². The summed E-state index contributed by atoms with van der Waals surface area (Å²) in [5, 5.41) is 7.75. The van der Waals surface area contributed by atoms with Crippen LogP contribution in [0.4, 0.5) is 10.3 Å². The first-order chi connectivity index (χ1) is 11.2. The van der Waals surface area contributed by atoms with Gasteiger partial charge in [-0.15, -0.1) is 0 Å². The Morgan fingerprint density at radius 2 is 1.74 bits per heavy atom. The van der Waals surface area contributed by atoms with Gasteiger partial charge in [0.15, 0.2) is 0 Å². The van der Waals surface area contributed by atoms with Crippen molar-refractivity contribution in [3.63, 3.8) is 0 Å². The number of anilines is 1. The molecule has 4 rings (SSSR count). The Morgan fingerprint density at radius 3 is 2.48 bits per heavy atom. The van der Waals surface area contributed by atoms with Gasteiger partial charge >= 0.3 is 0 Å². The van der Waals surface area contributed by atoms with Gasteiger partial charge in [-0.25, -0.2) is 9.07 Å². The van der Waals surface area contributed by atoms with Crippen molar-refractivity contribution in [1.29, 1.82) is 0 Å². The Hall–Kier alpha value is -2.69. The van der Waals surface area contributed by atoms with Crippen LogP contribution < -0.4 is 5.32 Å². The maximum Gasteiger partial charge on any atom is 0.222 e. The molecule has 0 spiro atoms. The molecule has 2 heterocycles. The number of nitrogens with zero attached hydrogens (tertiary/aromatic N) is 3. The van der Waals surface area contributed by atoms with Crippen molar-refractivity contribution in [3.05, 3.63) is 77.4 Å². The van der Waals surface area contributed by atoms with E-state index in [1.165, 1.54) is 23.3 Å². The van der Waals surface area contributed by atoms with Crippen LogP contribution >= 0.6 is 0 Å². The monoisotopic (exact) mass is 308 g/mol. The molecule has 0 amide bonds. The van der Waals surface area contributed by atoms with E-state index in [4.69, 9.17) is 0 Å². The van der Waals surface area contributed by atoms with Crippen molar-refractivity contribution in [3.8, 4) is 0 Å². The van der Waals surface area contributed by atoms with E-state index >= 15 is 0 Å². The maximum atomic E-state index is 13.2. The molecule has 23 heavy (non-hydrogen) atoms. The van der Waals surface area contributed by atoms with Crippen LogP contribution in [-0.4, -0.2) is 14.8 Å². The first-order valence-corrected chi connectivity index (χ1v) is 7.69. The molecule has 0 saturated heterocycles. The molecule has 0 radical (unpaired) electrons. The van der Waals surface area contributed by atoms with E-state index < -0.39 is 0 Å². The fourth-order valence-electron chi connectivity index (χ4n) is 3.10. The lowest BCUT2D eigenvalue weighted by molar-refractivity contribution is 0.430. The summed E-state index contributed by atoms with van der Waals surface area (Å²) < 4.78 is 15.1. The zero-order valence-electron chi connectivity index (χ0n) is 12.8. The molecule has 3 aromatic rings. The maximum absolute atomic E-state index is 13.2. The second-order valence-corrected chi connectivity index (χ2v) is 5.94. The minimum Gasteiger partial charge on any atom is -0.348 e. The summed E-state index contributed by atoms with van der Waals surface area (Å²) in [6.07, 6.45) is 2.40. The third-order valence-corrected chi connectivity index (χ3v) is 4.37. The van der Waals surface area contributed by atoms with Crippen LogP contribution in [0.2, 0.25) is 0 Å². The van der Waals surface area contributed by atoms with E-state index in [1.54, 1.807) is 6.33 Å². The van der Waals surface area contributed by atoms with Crippen LogP contribution in [0.5, 0.6) is 0 Å². The van der Waals surface area contributed by atoms with Gasteiger partial charge in [0.1, 0.15) is 12.1 Å². The van der Waals surface area contributed by atoms with E-state index in [0.717, 1.165) is 17.9 Å². The highest BCUT2D eigenvalue weighted by Gasteiger charge is 2.29. The molecule has 1 aliphatic rings. The summed E-state index contributed by atoms with van der Waals surface area (Å²) in [6.45, 7) is 2.08. The SMILES string of the molecule is Cc1ccc(C2CC(c3ccc(F)cc3)Nc3ncnn32)cc1. The summed E-state index contributed by atoms with van der Waals surface area (Å²) in [6, 6.07) is 15.3. The van der Waals surface area contributed by atoms with Crippen molar-refractivity contribution < 1.29 is 4.39 Å². The van der Waals surface area contributed by atoms with Gasteiger partial charge in [-0.05, 0) is 36.6 Å². The number of aromatic nitrogens is 3. The van der Waals surface area contributed by atoms with Crippen LogP contribution in [-0.2, 0) is 0 Å². The molecule has 0 aliphatic carbocycles. The molecule has 2 aromatic carbocycles. The van der Waals surface area contributed by atoms with Gasteiger partial charge in [0.05, 0.1) is 12.1 Å². The molecule has 1 N–H and O–H groups in total. The minimum atomic E-state index is -0.220. The van der Waals surface area contributed by atoms with E-state index in [2.05, 4.69) is 46.6 Å². The Labute approximate surface area is 134 Å². The molecule has 2 unspecified atom stereocenters. The van der Waals surface area contributed by atoms with Crippen LogP contribution in [0.25, 0.3) is 0 Å². The zero-order chi connectivity index (χ0) is 15.8. The molecular weight excluding hydrogens is 291 g/mol. The van der Waals surface area contributed by atoms with Crippen LogP contribution in [0, 0.1) is 12.7 Å². The van der Waals surface area contributed by atoms with E-state index in [0.29, 0.717) is 0 Å². The van der Waals surface area contributed by atoms with Crippen molar-refractivity contribution in [2.24, 2.45) is 0 Å². The summed E-state index contributed by atoms with van der Waals surface area (Å²) in [7, 11) is 0. The van der Waals surface area contributed by atoms with Gasteiger partial charge in [-0.2, -0.15) is 10.1 Å². The Bertz CT molecular complexity index is 808. The van der Waals surface area contributed by atoms with Gasteiger partial charge in [0, 0.05) is 0 Å². The lowest BCUT2D eigenvalue weighted by atomic mass is 9.93. The average Bonchev–Trinajstić information content (AvgIpc) is 3.04. The molecule has 2 atom stereocenters. The molecule has 0 bridgehead atoms. The topological polar surface area (TPSA) is 42.7 Å². The second kappa shape index (κ2) is 5.50. The van der Waals surface area contributed by atoms with Gasteiger partial charge in [0.2, 0.25) is 5.95 Å². The van der Waals surface area contributed by atoms with E-state index in [1.807, 2.05) is 16.8 Å². The smallest absolute Gasteiger partial charge is 0.222 e. The zero-order valence-corrected chi connectivity index (χ0v) is 12.8. The summed E-state index contributed by atoms with van der Waals surface area (Å²) in [5.41, 5.74) is 3.49. The molecule has 0 fully saturated rings.